The zero-order valence-electron chi connectivity index (χ0n) is 11.6. The van der Waals surface area contributed by atoms with Crippen LogP contribution >= 0.6 is 0 Å². The van der Waals surface area contributed by atoms with Crippen molar-refractivity contribution in [2.45, 2.75) is 12.6 Å². The number of nitrogens with zero attached hydrogens (tertiary/aromatic N) is 2. The van der Waals surface area contributed by atoms with Crippen molar-refractivity contribution >= 4 is 5.91 Å². The molecule has 2 heterocycles. The van der Waals surface area contributed by atoms with Gasteiger partial charge in [-0.15, -0.1) is 0 Å². The molecular weight excluding hydrogens is 262 g/mol. The summed E-state index contributed by atoms with van der Waals surface area (Å²) in [6.45, 7) is 2.40. The number of piperazine rings is 1. The smallest absolute Gasteiger partial charge is 0.240 e. The first-order chi connectivity index (χ1) is 9.49. The molecule has 0 bridgehead atoms. The highest BCUT2D eigenvalue weighted by Crippen LogP contribution is 2.12. The Hall–Kier alpha value is -1.86. The van der Waals surface area contributed by atoms with Crippen LogP contribution in [0.15, 0.2) is 21.5 Å². The van der Waals surface area contributed by atoms with Crippen LogP contribution in [0, 0.1) is 0 Å². The van der Waals surface area contributed by atoms with E-state index in [1.54, 1.807) is 19.0 Å². The Morgan fingerprint density at radius 2 is 2.35 bits per heavy atom. The number of rotatable bonds is 3. The summed E-state index contributed by atoms with van der Waals surface area (Å²) in [5.74, 6) is 0.0413. The second kappa shape index (κ2) is 6.06. The van der Waals surface area contributed by atoms with Crippen molar-refractivity contribution in [1.82, 2.24) is 15.1 Å². The first-order valence-corrected chi connectivity index (χ1v) is 6.45. The Bertz CT molecular complexity index is 541. The van der Waals surface area contributed by atoms with Crippen molar-refractivity contribution in [1.29, 1.82) is 0 Å². The first kappa shape index (κ1) is 14.5. The van der Waals surface area contributed by atoms with Gasteiger partial charge in [-0.2, -0.15) is 0 Å². The molecule has 0 aliphatic carbocycles. The monoisotopic (exact) mass is 281 g/mol. The summed E-state index contributed by atoms with van der Waals surface area (Å²) >= 11 is 0. The first-order valence-electron chi connectivity index (χ1n) is 6.45. The van der Waals surface area contributed by atoms with Crippen LogP contribution in [0.3, 0.4) is 0 Å². The summed E-state index contributed by atoms with van der Waals surface area (Å²) in [6.07, 6.45) is 1.03. The molecule has 0 spiro atoms. The van der Waals surface area contributed by atoms with E-state index in [0.29, 0.717) is 25.4 Å². The van der Waals surface area contributed by atoms with Gasteiger partial charge in [-0.25, -0.2) is 0 Å². The summed E-state index contributed by atoms with van der Waals surface area (Å²) in [5.41, 5.74) is -0.475. The van der Waals surface area contributed by atoms with Crippen LogP contribution < -0.4 is 10.7 Å². The number of carbonyl (C=O) groups is 1. The molecule has 0 aromatic carbocycles. The molecule has 1 unspecified atom stereocenters. The fraction of sp³-hybridized carbons (Fsp3) is 0.538. The van der Waals surface area contributed by atoms with Crippen LogP contribution in [-0.4, -0.2) is 60.6 Å². The maximum absolute atomic E-state index is 12.1. The number of nitrogens with one attached hydrogen (secondary N) is 1. The minimum atomic E-state index is -0.475. The predicted molar refractivity (Wildman–Crippen MR) is 72.4 cm³/mol. The van der Waals surface area contributed by atoms with Gasteiger partial charge in [0, 0.05) is 39.8 Å². The Morgan fingerprint density at radius 3 is 3.00 bits per heavy atom. The average Bonchev–Trinajstić information content (AvgIpc) is 2.42. The third kappa shape index (κ3) is 3.17. The molecule has 1 aromatic heterocycles. The van der Waals surface area contributed by atoms with Crippen LogP contribution in [-0.2, 0) is 11.3 Å². The normalized spacial score (nSPS) is 19.8. The molecule has 2 rings (SSSR count). The summed E-state index contributed by atoms with van der Waals surface area (Å²) < 4.78 is 5.19. The Morgan fingerprint density at radius 1 is 1.60 bits per heavy atom. The van der Waals surface area contributed by atoms with Crippen molar-refractivity contribution in [2.75, 3.05) is 33.7 Å². The van der Waals surface area contributed by atoms with Crippen LogP contribution in [0.25, 0.3) is 0 Å². The van der Waals surface area contributed by atoms with Gasteiger partial charge in [0.05, 0.1) is 6.54 Å². The minimum absolute atomic E-state index is 0.0123. The van der Waals surface area contributed by atoms with E-state index in [2.05, 4.69) is 5.32 Å². The maximum Gasteiger partial charge on any atom is 0.240 e. The van der Waals surface area contributed by atoms with Gasteiger partial charge in [0.25, 0.3) is 0 Å². The van der Waals surface area contributed by atoms with Gasteiger partial charge < -0.3 is 19.7 Å². The number of likely N-dealkylation sites (N-methyl/N-ethyl adjacent to an activating group) is 1. The summed E-state index contributed by atoms with van der Waals surface area (Å²) in [7, 11) is 3.44. The second-order valence-corrected chi connectivity index (χ2v) is 5.02. The fourth-order valence-corrected chi connectivity index (χ4v) is 2.20. The Kier molecular flexibility index (Phi) is 4.41. The minimum Gasteiger partial charge on any atom is -0.502 e. The predicted octanol–water partition coefficient (Wildman–Crippen LogP) is -0.793. The van der Waals surface area contributed by atoms with Gasteiger partial charge in [0.15, 0.2) is 5.75 Å². The third-order valence-corrected chi connectivity index (χ3v) is 3.31. The standard InChI is InChI=1S/C13H19N3O4/c1-15(2)13(19)10-6-14-3-4-16(10)7-9-5-11(17)12(18)8-20-9/h5,8,10,14,18H,3-4,6-7H2,1-2H3. The Balaban J connectivity index is 2.14. The van der Waals surface area contributed by atoms with Gasteiger partial charge in [0.1, 0.15) is 18.1 Å². The average molecular weight is 281 g/mol. The van der Waals surface area contributed by atoms with Crippen LogP contribution in [0.1, 0.15) is 5.76 Å². The fourth-order valence-electron chi connectivity index (χ4n) is 2.20. The largest absolute Gasteiger partial charge is 0.502 e. The number of hydrogen-bond acceptors (Lipinski definition) is 6. The molecule has 7 heteroatoms. The van der Waals surface area contributed by atoms with Crippen LogP contribution in [0.4, 0.5) is 0 Å². The topological polar surface area (TPSA) is 86.0 Å². The highest BCUT2D eigenvalue weighted by atomic mass is 16.4. The molecule has 1 aromatic rings. The van der Waals surface area contributed by atoms with Crippen LogP contribution in [0.5, 0.6) is 5.75 Å². The number of carbonyl (C=O) groups excluding carboxylic acids is 1. The van der Waals surface area contributed by atoms with E-state index in [9.17, 15) is 14.7 Å². The molecule has 1 fully saturated rings. The maximum atomic E-state index is 12.1. The highest BCUT2D eigenvalue weighted by Gasteiger charge is 2.30. The molecule has 1 atom stereocenters. The van der Waals surface area contributed by atoms with Crippen molar-refractivity contribution in [3.05, 3.63) is 28.3 Å². The molecule has 0 radical (unpaired) electrons. The number of aromatic hydroxyl groups is 1. The SMILES string of the molecule is CN(C)C(=O)C1CNCCN1Cc1cc(=O)c(O)co1. The zero-order chi connectivity index (χ0) is 14.7. The summed E-state index contributed by atoms with van der Waals surface area (Å²) in [6, 6.07) is 0.979. The lowest BCUT2D eigenvalue weighted by Crippen LogP contribution is -2.57. The van der Waals surface area contributed by atoms with Gasteiger partial charge in [0.2, 0.25) is 11.3 Å². The van der Waals surface area contributed by atoms with Crippen molar-refractivity contribution in [2.24, 2.45) is 0 Å². The highest BCUT2D eigenvalue weighted by molar-refractivity contribution is 5.81. The van der Waals surface area contributed by atoms with Gasteiger partial charge >= 0.3 is 0 Å². The van der Waals surface area contributed by atoms with E-state index in [-0.39, 0.29) is 11.9 Å². The molecule has 7 nitrogen and oxygen atoms in total. The molecule has 1 saturated heterocycles. The molecule has 20 heavy (non-hydrogen) atoms. The van der Waals surface area contributed by atoms with Crippen LogP contribution in [0.2, 0.25) is 0 Å². The molecule has 1 aliphatic rings. The van der Waals surface area contributed by atoms with E-state index in [1.807, 2.05) is 4.90 Å². The molecule has 110 valence electrons. The van der Waals surface area contributed by atoms with E-state index < -0.39 is 11.2 Å². The lowest BCUT2D eigenvalue weighted by Gasteiger charge is -2.35. The lowest BCUT2D eigenvalue weighted by molar-refractivity contribution is -0.135. The van der Waals surface area contributed by atoms with Crippen molar-refractivity contribution in [3.63, 3.8) is 0 Å². The lowest BCUT2D eigenvalue weighted by atomic mass is 10.1. The molecular formula is C13H19N3O4. The molecule has 0 saturated carbocycles. The van der Waals surface area contributed by atoms with E-state index >= 15 is 0 Å². The number of hydrogen-bond donors (Lipinski definition) is 2. The van der Waals surface area contributed by atoms with E-state index in [4.69, 9.17) is 4.42 Å². The quantitative estimate of drug-likeness (QED) is 0.755. The van der Waals surface area contributed by atoms with Gasteiger partial charge in [-0.05, 0) is 0 Å². The third-order valence-electron chi connectivity index (χ3n) is 3.31. The van der Waals surface area contributed by atoms with Gasteiger partial charge in [-0.3, -0.25) is 14.5 Å². The Labute approximate surface area is 116 Å². The number of amides is 1. The summed E-state index contributed by atoms with van der Waals surface area (Å²) in [4.78, 5) is 27.0. The molecule has 1 aliphatic heterocycles. The summed E-state index contributed by atoms with van der Waals surface area (Å²) in [5, 5.41) is 12.4. The van der Waals surface area contributed by atoms with E-state index in [1.165, 1.54) is 6.07 Å². The van der Waals surface area contributed by atoms with Crippen molar-refractivity contribution < 1.29 is 14.3 Å². The molecule has 1 amide bonds. The van der Waals surface area contributed by atoms with E-state index in [0.717, 1.165) is 12.8 Å². The van der Waals surface area contributed by atoms with Gasteiger partial charge in [-0.1, -0.05) is 0 Å². The molecule has 2 N–H and O–H groups in total. The zero-order valence-corrected chi connectivity index (χ0v) is 11.6. The second-order valence-electron chi connectivity index (χ2n) is 5.02. The van der Waals surface area contributed by atoms with Crippen molar-refractivity contribution in [3.8, 4) is 5.75 Å².